The molecule has 3 nitrogen and oxygen atoms in total. The molecule has 0 aliphatic carbocycles. The Bertz CT molecular complexity index is 996. The lowest BCUT2D eigenvalue weighted by atomic mass is 9.74. The number of unbranched alkanes of at least 4 members (excludes halogenated alkanes) is 6. The van der Waals surface area contributed by atoms with Crippen molar-refractivity contribution in [2.24, 2.45) is 0 Å². The van der Waals surface area contributed by atoms with Gasteiger partial charge < -0.3 is 14.2 Å². The molecule has 0 N–H and O–H groups in total. The number of rotatable bonds is 24. The second kappa shape index (κ2) is 16.9. The van der Waals surface area contributed by atoms with E-state index in [1.165, 1.54) is 62.5 Å². The first-order valence-electron chi connectivity index (χ1n) is 19.1. The summed E-state index contributed by atoms with van der Waals surface area (Å²) in [5, 5.41) is 0. The highest BCUT2D eigenvalue weighted by atomic mass is 16.7. The van der Waals surface area contributed by atoms with Gasteiger partial charge in [-0.15, -0.1) is 0 Å². The van der Waals surface area contributed by atoms with E-state index < -0.39 is 0 Å². The summed E-state index contributed by atoms with van der Waals surface area (Å²) in [6.45, 7) is 13.9. The number of benzene rings is 2. The minimum atomic E-state index is -0.321. The smallest absolute Gasteiger partial charge is 0.128 e. The van der Waals surface area contributed by atoms with E-state index in [1.807, 2.05) is 0 Å². The monoisotopic (exact) mass is 619 g/mol. The Morgan fingerprint density at radius 3 is 1.02 bits per heavy atom. The van der Waals surface area contributed by atoms with E-state index >= 15 is 0 Å². The predicted octanol–water partition coefficient (Wildman–Crippen LogP) is 12.6. The van der Waals surface area contributed by atoms with Gasteiger partial charge in [-0.2, -0.15) is 0 Å². The molecular weight excluding hydrogens is 552 g/mol. The maximum Gasteiger partial charge on any atom is 0.128 e. The summed E-state index contributed by atoms with van der Waals surface area (Å²) in [6.07, 6.45) is 20.4. The van der Waals surface area contributed by atoms with Crippen LogP contribution in [-0.4, -0.2) is 22.4 Å². The molecule has 252 valence electrons. The topological polar surface area (TPSA) is 34.3 Å². The predicted molar refractivity (Wildman–Crippen MR) is 190 cm³/mol. The van der Waals surface area contributed by atoms with Crippen molar-refractivity contribution in [2.45, 2.75) is 192 Å². The van der Waals surface area contributed by atoms with Crippen LogP contribution >= 0.6 is 0 Å². The van der Waals surface area contributed by atoms with Crippen LogP contribution in [0.25, 0.3) is 0 Å². The van der Waals surface area contributed by atoms with Crippen LogP contribution in [0.5, 0.6) is 0 Å². The summed E-state index contributed by atoms with van der Waals surface area (Å²) in [5.74, 6) is 0. The molecule has 0 bridgehead atoms. The summed E-state index contributed by atoms with van der Waals surface area (Å²) in [6, 6.07) is 22.2. The first-order chi connectivity index (χ1) is 22.0. The van der Waals surface area contributed by atoms with Gasteiger partial charge in [-0.3, -0.25) is 0 Å². The van der Waals surface area contributed by atoms with E-state index in [0.29, 0.717) is 0 Å². The highest BCUT2D eigenvalue weighted by Gasteiger charge is 2.75. The van der Waals surface area contributed by atoms with E-state index in [9.17, 15) is 0 Å². The lowest BCUT2D eigenvalue weighted by Crippen LogP contribution is -2.40. The SMILES string of the molecule is CCCCC1(CCCC)OC1(CCCC)C(OC(c1ccccc1)C1(CCCC)OC1(CCCC)CCCC)c1ccccc1. The van der Waals surface area contributed by atoms with Gasteiger partial charge in [0.05, 0.1) is 0 Å². The minimum Gasteiger partial charge on any atom is -0.359 e. The molecule has 3 heteroatoms. The molecule has 2 heterocycles. The van der Waals surface area contributed by atoms with Crippen LogP contribution in [0.3, 0.4) is 0 Å². The zero-order chi connectivity index (χ0) is 32.2. The lowest BCUT2D eigenvalue weighted by molar-refractivity contribution is -0.0951. The molecular formula is C42H66O3. The Morgan fingerprint density at radius 1 is 0.444 bits per heavy atom. The van der Waals surface area contributed by atoms with E-state index in [-0.39, 0.29) is 34.6 Å². The van der Waals surface area contributed by atoms with Crippen LogP contribution in [0.4, 0.5) is 0 Å². The quantitative estimate of drug-likeness (QED) is 0.110. The van der Waals surface area contributed by atoms with Crippen LogP contribution in [0.1, 0.15) is 180 Å². The highest BCUT2D eigenvalue weighted by Crippen LogP contribution is 2.68. The second-order valence-corrected chi connectivity index (χ2v) is 14.3. The Labute approximate surface area is 277 Å². The summed E-state index contributed by atoms with van der Waals surface area (Å²) >= 11 is 0. The van der Waals surface area contributed by atoms with Gasteiger partial charge in [-0.1, -0.05) is 179 Å². The first kappa shape index (κ1) is 36.2. The number of ether oxygens (including phenoxy) is 3. The van der Waals surface area contributed by atoms with Gasteiger partial charge in [0.25, 0.3) is 0 Å². The molecule has 2 aromatic rings. The summed E-state index contributed by atoms with van der Waals surface area (Å²) in [7, 11) is 0. The molecule has 4 unspecified atom stereocenters. The van der Waals surface area contributed by atoms with Crippen LogP contribution in [0.2, 0.25) is 0 Å². The molecule has 0 spiro atoms. The zero-order valence-electron chi connectivity index (χ0n) is 29.9. The number of hydrogen-bond acceptors (Lipinski definition) is 3. The Hall–Kier alpha value is -1.68. The number of epoxide rings is 2. The van der Waals surface area contributed by atoms with Gasteiger partial charge in [-0.05, 0) is 49.7 Å². The van der Waals surface area contributed by atoms with Crippen molar-refractivity contribution < 1.29 is 14.2 Å². The normalized spacial score (nSPS) is 24.3. The maximum atomic E-state index is 7.85. The second-order valence-electron chi connectivity index (χ2n) is 14.3. The molecule has 0 radical (unpaired) electrons. The summed E-state index contributed by atoms with van der Waals surface area (Å²) in [4.78, 5) is 0. The van der Waals surface area contributed by atoms with E-state index in [1.54, 1.807) is 0 Å². The number of hydrogen-bond donors (Lipinski definition) is 0. The Balaban J connectivity index is 1.86. The van der Waals surface area contributed by atoms with Crippen LogP contribution < -0.4 is 0 Å². The molecule has 4 atom stereocenters. The van der Waals surface area contributed by atoms with Crippen molar-refractivity contribution in [3.8, 4) is 0 Å². The van der Waals surface area contributed by atoms with Gasteiger partial charge in [0.1, 0.15) is 34.6 Å². The van der Waals surface area contributed by atoms with Gasteiger partial charge in [-0.25, -0.2) is 0 Å². The van der Waals surface area contributed by atoms with E-state index in [4.69, 9.17) is 14.2 Å². The van der Waals surface area contributed by atoms with Crippen LogP contribution in [0, 0.1) is 0 Å². The molecule has 0 amide bonds. The molecule has 0 saturated carbocycles. The fraction of sp³-hybridized carbons (Fsp3) is 0.714. The average Bonchev–Trinajstić information content (AvgIpc) is 3.94. The third-order valence-corrected chi connectivity index (χ3v) is 11.1. The van der Waals surface area contributed by atoms with Crippen molar-refractivity contribution in [1.82, 2.24) is 0 Å². The standard InChI is InChI=1S/C42H66O3/c1-7-13-29-39(30-14-8-2)41(44-39,33-17-11-5)37(35-25-21-19-22-26-35)43-38(36-27-23-20-24-28-36)42(34-18-12-6)40(45-42,31-15-9-3)32-16-10-4/h19-28,37-38H,7-18,29-34H2,1-6H3. The molecule has 4 rings (SSSR count). The highest BCUT2D eigenvalue weighted by molar-refractivity contribution is 5.33. The van der Waals surface area contributed by atoms with Crippen molar-refractivity contribution in [2.75, 3.05) is 0 Å². The molecule has 2 saturated heterocycles. The third-order valence-electron chi connectivity index (χ3n) is 11.1. The Morgan fingerprint density at radius 2 is 0.733 bits per heavy atom. The Kier molecular flexibility index (Phi) is 13.6. The summed E-state index contributed by atoms with van der Waals surface area (Å²) in [5.41, 5.74) is 1.61. The average molecular weight is 619 g/mol. The van der Waals surface area contributed by atoms with Crippen molar-refractivity contribution in [3.05, 3.63) is 71.8 Å². The van der Waals surface area contributed by atoms with Crippen LogP contribution in [0.15, 0.2) is 60.7 Å². The zero-order valence-corrected chi connectivity index (χ0v) is 29.9. The molecule has 2 fully saturated rings. The molecule has 2 aromatic carbocycles. The molecule has 2 aliphatic heterocycles. The fourth-order valence-corrected chi connectivity index (χ4v) is 8.39. The van der Waals surface area contributed by atoms with Gasteiger partial charge in [0.2, 0.25) is 0 Å². The largest absolute Gasteiger partial charge is 0.359 e. The maximum absolute atomic E-state index is 7.85. The van der Waals surface area contributed by atoms with Crippen LogP contribution in [-0.2, 0) is 14.2 Å². The first-order valence-corrected chi connectivity index (χ1v) is 19.1. The lowest BCUT2D eigenvalue weighted by Gasteiger charge is -2.36. The molecule has 0 aromatic heterocycles. The van der Waals surface area contributed by atoms with Gasteiger partial charge in [0, 0.05) is 0 Å². The van der Waals surface area contributed by atoms with Crippen molar-refractivity contribution in [1.29, 1.82) is 0 Å². The molecule has 45 heavy (non-hydrogen) atoms. The van der Waals surface area contributed by atoms with Crippen molar-refractivity contribution in [3.63, 3.8) is 0 Å². The molecule has 2 aliphatic rings. The van der Waals surface area contributed by atoms with Gasteiger partial charge in [0.15, 0.2) is 0 Å². The fourth-order valence-electron chi connectivity index (χ4n) is 8.39. The third kappa shape index (κ3) is 7.73. The summed E-state index contributed by atoms with van der Waals surface area (Å²) < 4.78 is 22.4. The van der Waals surface area contributed by atoms with Gasteiger partial charge >= 0.3 is 0 Å². The van der Waals surface area contributed by atoms with Crippen molar-refractivity contribution >= 4 is 0 Å². The minimum absolute atomic E-state index is 0.127. The van der Waals surface area contributed by atoms with E-state index in [0.717, 1.165) is 64.2 Å². The van der Waals surface area contributed by atoms with E-state index in [2.05, 4.69) is 102 Å².